The molecule has 2 aliphatic heterocycles. The fraction of sp³-hybridized carbons (Fsp3) is 0.100. The molecule has 4 nitrogen and oxygen atoms in total. The minimum absolute atomic E-state index is 0.428. The van der Waals surface area contributed by atoms with Crippen molar-refractivity contribution in [3.63, 3.8) is 0 Å². The summed E-state index contributed by atoms with van der Waals surface area (Å²) in [6.07, 6.45) is 1.44. The third-order valence-electron chi connectivity index (χ3n) is 4.77. The summed E-state index contributed by atoms with van der Waals surface area (Å²) in [6.45, 7) is 0. The average Bonchev–Trinajstić information content (AvgIpc) is 3.04. The van der Waals surface area contributed by atoms with Gasteiger partial charge in [-0.3, -0.25) is 0 Å². The molecule has 128 valence electrons. The normalized spacial score (nSPS) is 20.3. The Kier molecular flexibility index (Phi) is 3.30. The van der Waals surface area contributed by atoms with Gasteiger partial charge >= 0.3 is 0 Å². The van der Waals surface area contributed by atoms with E-state index in [1.807, 2.05) is 42.5 Å². The van der Waals surface area contributed by atoms with E-state index in [4.69, 9.17) is 15.5 Å². The molecule has 2 N–H and O–H groups in total. The molecule has 5 rings (SSSR count). The van der Waals surface area contributed by atoms with E-state index < -0.39 is 11.5 Å². The summed E-state index contributed by atoms with van der Waals surface area (Å²) in [5, 5.41) is 0.522. The van der Waals surface area contributed by atoms with E-state index in [9.17, 15) is 4.39 Å². The fourth-order valence-electron chi connectivity index (χ4n) is 3.70. The summed E-state index contributed by atoms with van der Waals surface area (Å²) in [7, 11) is 0. The van der Waals surface area contributed by atoms with Gasteiger partial charge in [-0.2, -0.15) is 4.39 Å². The van der Waals surface area contributed by atoms with Gasteiger partial charge in [-0.1, -0.05) is 42.1 Å². The monoisotopic (exact) mass is 363 g/mol. The molecule has 6 heteroatoms. The van der Waals surface area contributed by atoms with Gasteiger partial charge < -0.3 is 10.5 Å². The van der Waals surface area contributed by atoms with Crippen molar-refractivity contribution < 1.29 is 9.13 Å². The van der Waals surface area contributed by atoms with Crippen LogP contribution >= 0.6 is 11.8 Å². The number of nitrogens with zero attached hydrogens (tertiary/aromatic N) is 2. The number of hydrogen-bond donors (Lipinski definition) is 1. The van der Waals surface area contributed by atoms with Crippen LogP contribution in [0.25, 0.3) is 11.1 Å². The van der Waals surface area contributed by atoms with Crippen LogP contribution in [-0.4, -0.2) is 15.9 Å². The fourth-order valence-corrected chi connectivity index (χ4v) is 4.64. The molecule has 1 atom stereocenters. The number of ether oxygens (including phenoxy) is 1. The van der Waals surface area contributed by atoms with Crippen molar-refractivity contribution in [2.45, 2.75) is 5.54 Å². The molecule has 2 aromatic carbocycles. The van der Waals surface area contributed by atoms with E-state index in [0.717, 1.165) is 22.4 Å². The van der Waals surface area contributed by atoms with Crippen LogP contribution in [0.4, 0.5) is 4.39 Å². The van der Waals surface area contributed by atoms with Crippen LogP contribution in [0, 0.1) is 5.95 Å². The topological polar surface area (TPSA) is 60.5 Å². The number of para-hydroxylation sites is 1. The molecule has 2 aliphatic rings. The zero-order valence-electron chi connectivity index (χ0n) is 13.6. The second-order valence-electron chi connectivity index (χ2n) is 6.22. The Labute approximate surface area is 153 Å². The minimum atomic E-state index is -0.697. The maximum Gasteiger partial charge on any atom is 0.220 e. The van der Waals surface area contributed by atoms with Crippen LogP contribution in [0.5, 0.6) is 11.5 Å². The number of rotatable bonds is 1. The highest BCUT2D eigenvalue weighted by molar-refractivity contribution is 8.14. The maximum absolute atomic E-state index is 14.5. The van der Waals surface area contributed by atoms with Crippen molar-refractivity contribution in [2.24, 2.45) is 10.7 Å². The number of thioether (sulfide) groups is 1. The molecule has 1 spiro atoms. The van der Waals surface area contributed by atoms with Crippen LogP contribution in [-0.2, 0) is 5.54 Å². The molecule has 1 aromatic heterocycles. The molecule has 0 amide bonds. The zero-order valence-corrected chi connectivity index (χ0v) is 14.5. The molecule has 0 fully saturated rings. The zero-order chi connectivity index (χ0) is 17.7. The second-order valence-corrected chi connectivity index (χ2v) is 7.21. The number of halogens is 1. The van der Waals surface area contributed by atoms with Gasteiger partial charge in [0.15, 0.2) is 5.17 Å². The highest BCUT2D eigenvalue weighted by Gasteiger charge is 2.47. The molecule has 0 radical (unpaired) electrons. The summed E-state index contributed by atoms with van der Waals surface area (Å²) in [4.78, 5) is 8.62. The van der Waals surface area contributed by atoms with Crippen LogP contribution in [0.2, 0.25) is 0 Å². The molecule has 3 aromatic rings. The number of fused-ring (bicyclic) bond motifs is 4. The number of aromatic nitrogens is 1. The van der Waals surface area contributed by atoms with Crippen molar-refractivity contribution in [3.05, 3.63) is 77.9 Å². The van der Waals surface area contributed by atoms with E-state index >= 15 is 0 Å². The van der Waals surface area contributed by atoms with Gasteiger partial charge in [0.25, 0.3) is 0 Å². The minimum Gasteiger partial charge on any atom is -0.457 e. The van der Waals surface area contributed by atoms with Crippen molar-refractivity contribution >= 4 is 16.9 Å². The number of aliphatic imine (C=N–C) groups is 1. The first-order valence-corrected chi connectivity index (χ1v) is 9.17. The summed E-state index contributed by atoms with van der Waals surface area (Å²) in [6, 6.07) is 16.9. The highest BCUT2D eigenvalue weighted by atomic mass is 32.2. The van der Waals surface area contributed by atoms with Gasteiger partial charge in [-0.15, -0.1) is 0 Å². The molecule has 0 aliphatic carbocycles. The summed E-state index contributed by atoms with van der Waals surface area (Å²) >= 11 is 1.50. The molecule has 3 heterocycles. The maximum atomic E-state index is 14.5. The number of hydrogen-bond acceptors (Lipinski definition) is 5. The Bertz CT molecular complexity index is 1070. The Morgan fingerprint density at radius 3 is 2.62 bits per heavy atom. The first-order valence-electron chi connectivity index (χ1n) is 8.19. The predicted octanol–water partition coefficient (Wildman–Crippen LogP) is 4.30. The van der Waals surface area contributed by atoms with E-state index in [1.54, 1.807) is 12.1 Å². The lowest BCUT2D eigenvalue weighted by molar-refractivity contribution is 0.417. The Balaban J connectivity index is 1.86. The summed E-state index contributed by atoms with van der Waals surface area (Å²) in [5.41, 5.74) is 8.29. The van der Waals surface area contributed by atoms with Gasteiger partial charge in [0.2, 0.25) is 5.95 Å². The molecule has 26 heavy (non-hydrogen) atoms. The molecule has 0 saturated carbocycles. The summed E-state index contributed by atoms with van der Waals surface area (Å²) in [5.74, 6) is 1.55. The quantitative estimate of drug-likeness (QED) is 0.655. The van der Waals surface area contributed by atoms with E-state index in [2.05, 4.69) is 4.98 Å². The van der Waals surface area contributed by atoms with Crippen molar-refractivity contribution in [3.8, 4) is 22.6 Å². The summed E-state index contributed by atoms with van der Waals surface area (Å²) < 4.78 is 20.6. The standard InChI is InChI=1S/C20H14FN3OS/c21-18-13(6-4-10-23-18)12-5-3-9-16-17(12)20(11-26-19(22)24-20)14-7-1-2-8-15(14)25-16/h1-10H,11H2,(H2,22,24). The van der Waals surface area contributed by atoms with Crippen LogP contribution < -0.4 is 10.5 Å². The highest BCUT2D eigenvalue weighted by Crippen LogP contribution is 2.55. The van der Waals surface area contributed by atoms with Gasteiger partial charge in [0.1, 0.15) is 17.0 Å². The molecule has 0 saturated heterocycles. The SMILES string of the molecule is NC1=NC2(CS1)c1ccccc1Oc1cccc(-c3cccnc3F)c12. The predicted molar refractivity (Wildman–Crippen MR) is 101 cm³/mol. The lowest BCUT2D eigenvalue weighted by atomic mass is 9.78. The number of amidine groups is 1. The van der Waals surface area contributed by atoms with Gasteiger partial charge in [-0.05, 0) is 29.8 Å². The van der Waals surface area contributed by atoms with Crippen molar-refractivity contribution in [1.29, 1.82) is 0 Å². The third-order valence-corrected chi connectivity index (χ3v) is 5.72. The molecular formula is C20H14FN3OS. The van der Waals surface area contributed by atoms with Gasteiger partial charge in [0, 0.05) is 28.6 Å². The largest absolute Gasteiger partial charge is 0.457 e. The molecule has 1 unspecified atom stereocenters. The Morgan fingerprint density at radius 2 is 1.81 bits per heavy atom. The first-order chi connectivity index (χ1) is 12.7. The van der Waals surface area contributed by atoms with Gasteiger partial charge in [0.05, 0.1) is 0 Å². The lowest BCUT2D eigenvalue weighted by Crippen LogP contribution is -2.31. The lowest BCUT2D eigenvalue weighted by Gasteiger charge is -2.36. The smallest absolute Gasteiger partial charge is 0.220 e. The number of benzene rings is 2. The van der Waals surface area contributed by atoms with Crippen molar-refractivity contribution in [1.82, 2.24) is 4.98 Å². The number of pyridine rings is 1. The first kappa shape index (κ1) is 15.4. The Morgan fingerprint density at radius 1 is 1.00 bits per heavy atom. The second kappa shape index (κ2) is 5.57. The van der Waals surface area contributed by atoms with Crippen molar-refractivity contribution in [2.75, 3.05) is 5.75 Å². The van der Waals surface area contributed by atoms with E-state index in [0.29, 0.717) is 22.2 Å². The Hall–Kier alpha value is -2.86. The molecule has 0 bridgehead atoms. The van der Waals surface area contributed by atoms with Crippen LogP contribution in [0.15, 0.2) is 65.8 Å². The third kappa shape index (κ3) is 2.08. The van der Waals surface area contributed by atoms with Crippen LogP contribution in [0.3, 0.4) is 0 Å². The molecular weight excluding hydrogens is 349 g/mol. The number of nitrogens with two attached hydrogens (primary N) is 1. The van der Waals surface area contributed by atoms with E-state index in [1.165, 1.54) is 18.0 Å². The van der Waals surface area contributed by atoms with Crippen LogP contribution in [0.1, 0.15) is 11.1 Å². The average molecular weight is 363 g/mol. The van der Waals surface area contributed by atoms with E-state index in [-0.39, 0.29) is 0 Å². The van der Waals surface area contributed by atoms with Gasteiger partial charge in [-0.25, -0.2) is 9.98 Å².